The lowest BCUT2D eigenvalue weighted by atomic mass is 9.82. The SMILES string of the molecule is C[C@]1(COCCO)CCCN(C[C@H]2COc3ccccc3O2)C1.O=C(O)C(O)C(O)C(=O)O. The lowest BCUT2D eigenvalue weighted by Gasteiger charge is -2.41. The van der Waals surface area contributed by atoms with Crippen molar-refractivity contribution in [3.8, 4) is 11.5 Å². The summed E-state index contributed by atoms with van der Waals surface area (Å²) in [5.41, 5.74) is 0.154. The molecular formula is C22H33NO10. The molecule has 0 radical (unpaired) electrons. The fraction of sp³-hybridized carbons (Fsp3) is 0.636. The molecule has 0 saturated carbocycles. The number of aliphatic hydroxyl groups excluding tert-OH is 3. The number of carboxylic acid groups (broad SMARTS) is 2. The second kappa shape index (κ2) is 12.7. The van der Waals surface area contributed by atoms with E-state index in [1.165, 1.54) is 12.8 Å². The molecule has 33 heavy (non-hydrogen) atoms. The van der Waals surface area contributed by atoms with Gasteiger partial charge in [-0.25, -0.2) is 9.59 Å². The molecular weight excluding hydrogens is 438 g/mol. The molecule has 1 saturated heterocycles. The van der Waals surface area contributed by atoms with Crippen molar-refractivity contribution in [2.45, 2.75) is 38.1 Å². The number of rotatable bonds is 9. The maximum Gasteiger partial charge on any atom is 0.335 e. The molecule has 2 aliphatic rings. The molecule has 1 aromatic carbocycles. The first kappa shape index (κ1) is 26.8. The van der Waals surface area contributed by atoms with Crippen molar-refractivity contribution in [2.24, 2.45) is 5.41 Å². The zero-order valence-corrected chi connectivity index (χ0v) is 18.6. The van der Waals surface area contributed by atoms with Gasteiger partial charge >= 0.3 is 11.9 Å². The average Bonchev–Trinajstić information content (AvgIpc) is 2.78. The van der Waals surface area contributed by atoms with Gasteiger partial charge in [-0.3, -0.25) is 4.90 Å². The smallest absolute Gasteiger partial charge is 0.335 e. The van der Waals surface area contributed by atoms with Crippen LogP contribution in [-0.2, 0) is 14.3 Å². The van der Waals surface area contributed by atoms with Crippen LogP contribution in [-0.4, -0.2) is 107 Å². The minimum Gasteiger partial charge on any atom is -0.486 e. The molecule has 5 N–H and O–H groups in total. The molecule has 0 aliphatic carbocycles. The van der Waals surface area contributed by atoms with E-state index in [0.29, 0.717) is 19.8 Å². The van der Waals surface area contributed by atoms with Crippen LogP contribution in [0.2, 0.25) is 0 Å². The topological polar surface area (TPSA) is 166 Å². The standard InChI is InChI=1S/C18H27NO4.C4H6O6/c1-18(14-21-10-9-20)7-4-8-19(13-18)11-15-12-22-16-5-2-3-6-17(16)23-15;5-1(3(7)8)2(6)4(9)10/h2-3,5-6,15,20H,4,7-14H2,1H3;1-2,5-6H,(H,7,8)(H,9,10)/t15-,18-;/m0./s1. The quantitative estimate of drug-likeness (QED) is 0.303. The van der Waals surface area contributed by atoms with Gasteiger partial charge in [-0.05, 0) is 31.5 Å². The lowest BCUT2D eigenvalue weighted by molar-refractivity contribution is -0.165. The number of hydrogen-bond acceptors (Lipinski definition) is 9. The van der Waals surface area contributed by atoms with Gasteiger partial charge in [-0.1, -0.05) is 19.1 Å². The van der Waals surface area contributed by atoms with Crippen LogP contribution >= 0.6 is 0 Å². The monoisotopic (exact) mass is 471 g/mol. The zero-order valence-electron chi connectivity index (χ0n) is 18.6. The van der Waals surface area contributed by atoms with Crippen LogP contribution in [0.3, 0.4) is 0 Å². The van der Waals surface area contributed by atoms with E-state index in [-0.39, 0.29) is 18.1 Å². The van der Waals surface area contributed by atoms with E-state index in [0.717, 1.165) is 31.1 Å². The van der Waals surface area contributed by atoms with Gasteiger partial charge in [0.25, 0.3) is 0 Å². The summed E-state index contributed by atoms with van der Waals surface area (Å²) >= 11 is 0. The summed E-state index contributed by atoms with van der Waals surface area (Å²) in [6.07, 6.45) is -2.12. The molecule has 3 rings (SSSR count). The molecule has 1 fully saturated rings. The van der Waals surface area contributed by atoms with E-state index in [1.54, 1.807) is 0 Å². The number of para-hydroxylation sites is 2. The number of nitrogens with zero attached hydrogens (tertiary/aromatic N) is 1. The van der Waals surface area contributed by atoms with Crippen molar-refractivity contribution in [3.05, 3.63) is 24.3 Å². The van der Waals surface area contributed by atoms with E-state index in [1.807, 2.05) is 24.3 Å². The van der Waals surface area contributed by atoms with Crippen LogP contribution in [0.4, 0.5) is 0 Å². The highest BCUT2D eigenvalue weighted by Gasteiger charge is 2.33. The largest absolute Gasteiger partial charge is 0.486 e. The van der Waals surface area contributed by atoms with Crippen molar-refractivity contribution >= 4 is 11.9 Å². The van der Waals surface area contributed by atoms with Crippen LogP contribution < -0.4 is 9.47 Å². The van der Waals surface area contributed by atoms with Crippen molar-refractivity contribution in [2.75, 3.05) is 46.1 Å². The molecule has 11 nitrogen and oxygen atoms in total. The number of ether oxygens (including phenoxy) is 3. The summed E-state index contributed by atoms with van der Waals surface area (Å²) in [7, 11) is 0. The molecule has 1 aromatic rings. The predicted molar refractivity (Wildman–Crippen MR) is 115 cm³/mol. The van der Waals surface area contributed by atoms with Crippen molar-refractivity contribution < 1.29 is 49.3 Å². The number of fused-ring (bicyclic) bond motifs is 1. The average molecular weight is 472 g/mol. The van der Waals surface area contributed by atoms with E-state index in [9.17, 15) is 9.59 Å². The number of hydrogen-bond donors (Lipinski definition) is 5. The highest BCUT2D eigenvalue weighted by molar-refractivity contribution is 5.83. The number of benzene rings is 1. The van der Waals surface area contributed by atoms with Crippen LogP contribution in [0.25, 0.3) is 0 Å². The van der Waals surface area contributed by atoms with Crippen LogP contribution in [0.1, 0.15) is 19.8 Å². The van der Waals surface area contributed by atoms with E-state index < -0.39 is 24.1 Å². The van der Waals surface area contributed by atoms with Gasteiger partial charge in [-0.15, -0.1) is 0 Å². The number of likely N-dealkylation sites (tertiary alicyclic amines) is 1. The van der Waals surface area contributed by atoms with Gasteiger partial charge in [0.2, 0.25) is 0 Å². The number of aliphatic carboxylic acids is 2. The fourth-order valence-electron chi connectivity index (χ4n) is 3.80. The normalized spacial score (nSPS) is 24.2. The van der Waals surface area contributed by atoms with E-state index in [4.69, 9.17) is 39.7 Å². The Morgan fingerprint density at radius 3 is 2.42 bits per heavy atom. The Hall–Kier alpha value is -2.44. The first-order valence-electron chi connectivity index (χ1n) is 10.8. The summed E-state index contributed by atoms with van der Waals surface area (Å²) < 4.78 is 17.5. The molecule has 2 heterocycles. The summed E-state index contributed by atoms with van der Waals surface area (Å²) in [6.45, 7) is 7.06. The Morgan fingerprint density at radius 1 is 1.18 bits per heavy atom. The minimum atomic E-state index is -2.27. The lowest BCUT2D eigenvalue weighted by Crippen LogP contribution is -2.49. The number of carbonyl (C=O) groups is 2. The van der Waals surface area contributed by atoms with Gasteiger partial charge in [-0.2, -0.15) is 0 Å². The molecule has 0 spiro atoms. The maximum atomic E-state index is 9.77. The molecule has 0 amide bonds. The molecule has 2 aliphatic heterocycles. The number of piperidine rings is 1. The zero-order chi connectivity index (χ0) is 24.4. The van der Waals surface area contributed by atoms with E-state index >= 15 is 0 Å². The molecule has 186 valence electrons. The van der Waals surface area contributed by atoms with Crippen LogP contribution in [0, 0.1) is 5.41 Å². The number of aliphatic hydroxyl groups is 3. The Labute approximate surface area is 192 Å². The Kier molecular flexibility index (Phi) is 10.3. The summed E-state index contributed by atoms with van der Waals surface area (Å²) in [5, 5.41) is 41.4. The summed E-state index contributed by atoms with van der Waals surface area (Å²) in [5.74, 6) is -1.86. The van der Waals surface area contributed by atoms with Gasteiger partial charge in [0.15, 0.2) is 23.7 Å². The van der Waals surface area contributed by atoms with Crippen LogP contribution in [0.5, 0.6) is 11.5 Å². The molecule has 2 unspecified atom stereocenters. The Morgan fingerprint density at radius 2 is 1.82 bits per heavy atom. The van der Waals surface area contributed by atoms with Crippen molar-refractivity contribution in [3.63, 3.8) is 0 Å². The Balaban J connectivity index is 0.000000328. The second-order valence-electron chi connectivity index (χ2n) is 8.49. The van der Waals surface area contributed by atoms with Gasteiger partial charge in [0, 0.05) is 18.5 Å². The third-order valence-electron chi connectivity index (χ3n) is 5.38. The molecule has 4 atom stereocenters. The van der Waals surface area contributed by atoms with Gasteiger partial charge < -0.3 is 39.7 Å². The maximum absolute atomic E-state index is 9.77. The second-order valence-corrected chi connectivity index (χ2v) is 8.49. The van der Waals surface area contributed by atoms with Crippen molar-refractivity contribution in [1.29, 1.82) is 0 Å². The van der Waals surface area contributed by atoms with E-state index in [2.05, 4.69) is 11.8 Å². The highest BCUT2D eigenvalue weighted by Crippen LogP contribution is 2.33. The Bertz CT molecular complexity index is 757. The summed E-state index contributed by atoms with van der Waals surface area (Å²) in [4.78, 5) is 22.0. The molecule has 0 aromatic heterocycles. The van der Waals surface area contributed by atoms with Gasteiger partial charge in [0.1, 0.15) is 12.7 Å². The highest BCUT2D eigenvalue weighted by atomic mass is 16.6. The third kappa shape index (κ3) is 8.45. The minimum absolute atomic E-state index is 0.0746. The third-order valence-corrected chi connectivity index (χ3v) is 5.38. The predicted octanol–water partition coefficient (Wildman–Crippen LogP) is -0.185. The fourth-order valence-corrected chi connectivity index (χ4v) is 3.80. The van der Waals surface area contributed by atoms with Crippen LogP contribution in [0.15, 0.2) is 24.3 Å². The summed E-state index contributed by atoms with van der Waals surface area (Å²) in [6, 6.07) is 7.85. The first-order chi connectivity index (χ1) is 15.6. The van der Waals surface area contributed by atoms with Crippen molar-refractivity contribution in [1.82, 2.24) is 4.90 Å². The first-order valence-corrected chi connectivity index (χ1v) is 10.8. The van der Waals surface area contributed by atoms with Gasteiger partial charge in [0.05, 0.1) is 19.8 Å². The number of carboxylic acids is 2. The molecule has 0 bridgehead atoms. The molecule has 11 heteroatoms.